The predicted octanol–water partition coefficient (Wildman–Crippen LogP) is 2.89. The molecule has 0 saturated carbocycles. The molecule has 0 spiro atoms. The van der Waals surface area contributed by atoms with Crippen LogP contribution in [0.1, 0.15) is 51.5 Å². The molecule has 0 unspecified atom stereocenters. The van der Waals surface area contributed by atoms with E-state index in [4.69, 9.17) is 0 Å². The number of unbranched alkanes of at least 4 members (excludes halogenated alkanes) is 2. The van der Waals surface area contributed by atoms with Gasteiger partial charge in [0.1, 0.15) is 11.9 Å². The summed E-state index contributed by atoms with van der Waals surface area (Å²) in [6.07, 6.45) is 7.07. The van der Waals surface area contributed by atoms with Gasteiger partial charge in [-0.3, -0.25) is 9.69 Å². The molecule has 2 heterocycles. The van der Waals surface area contributed by atoms with Crippen LogP contribution in [0.3, 0.4) is 0 Å². The maximum atomic E-state index is 12.8. The lowest BCUT2D eigenvalue weighted by Crippen LogP contribution is -2.42. The van der Waals surface area contributed by atoms with Crippen LogP contribution in [0.4, 0.5) is 5.82 Å². The zero-order chi connectivity index (χ0) is 19.5. The van der Waals surface area contributed by atoms with Gasteiger partial charge in [-0.05, 0) is 31.4 Å². The van der Waals surface area contributed by atoms with Crippen molar-refractivity contribution in [1.82, 2.24) is 14.8 Å². The van der Waals surface area contributed by atoms with Gasteiger partial charge in [0.25, 0.3) is 0 Å². The summed E-state index contributed by atoms with van der Waals surface area (Å²) in [6, 6.07) is 5.84. The van der Waals surface area contributed by atoms with Gasteiger partial charge in [-0.15, -0.1) is 0 Å². The molecule has 0 aromatic carbocycles. The minimum Gasteiger partial charge on any atom is -0.354 e. The van der Waals surface area contributed by atoms with E-state index >= 15 is 0 Å². The SMILES string of the molecule is CCCCN(CCCC)C(=O)CN1CCCN(c2ncccc2C#N)CC1. The number of rotatable bonds is 9. The van der Waals surface area contributed by atoms with Gasteiger partial charge in [-0.1, -0.05) is 26.7 Å². The predicted molar refractivity (Wildman–Crippen MR) is 109 cm³/mol. The minimum absolute atomic E-state index is 0.251. The second kappa shape index (κ2) is 11.6. The van der Waals surface area contributed by atoms with Gasteiger partial charge in [-0.2, -0.15) is 5.26 Å². The molecule has 1 aromatic heterocycles. The second-order valence-corrected chi connectivity index (χ2v) is 7.19. The molecule has 2 rings (SSSR count). The highest BCUT2D eigenvalue weighted by molar-refractivity contribution is 5.78. The fourth-order valence-corrected chi connectivity index (χ4v) is 3.43. The Morgan fingerprint density at radius 2 is 1.93 bits per heavy atom. The van der Waals surface area contributed by atoms with Crippen molar-refractivity contribution < 1.29 is 4.79 Å². The summed E-state index contributed by atoms with van der Waals surface area (Å²) in [5, 5.41) is 9.32. The molecule has 1 aliphatic heterocycles. The summed E-state index contributed by atoms with van der Waals surface area (Å²) in [7, 11) is 0. The molecule has 1 aliphatic rings. The van der Waals surface area contributed by atoms with Gasteiger partial charge in [0.15, 0.2) is 0 Å². The number of pyridine rings is 1. The molecule has 0 atom stereocenters. The number of anilines is 1. The first-order valence-corrected chi connectivity index (χ1v) is 10.3. The van der Waals surface area contributed by atoms with E-state index in [-0.39, 0.29) is 5.91 Å². The Morgan fingerprint density at radius 1 is 1.19 bits per heavy atom. The van der Waals surface area contributed by atoms with Gasteiger partial charge in [0.05, 0.1) is 12.1 Å². The maximum absolute atomic E-state index is 12.8. The Balaban J connectivity index is 1.93. The lowest BCUT2D eigenvalue weighted by molar-refractivity contribution is -0.132. The first kappa shape index (κ1) is 21.2. The van der Waals surface area contributed by atoms with Crippen LogP contribution >= 0.6 is 0 Å². The monoisotopic (exact) mass is 371 g/mol. The first-order valence-electron chi connectivity index (χ1n) is 10.3. The lowest BCUT2D eigenvalue weighted by atomic mass is 10.2. The van der Waals surface area contributed by atoms with E-state index in [9.17, 15) is 10.1 Å². The fraction of sp³-hybridized carbons (Fsp3) is 0.667. The lowest BCUT2D eigenvalue weighted by Gasteiger charge is -2.27. The highest BCUT2D eigenvalue weighted by Gasteiger charge is 2.21. The average molecular weight is 372 g/mol. The van der Waals surface area contributed by atoms with Gasteiger partial charge in [0.2, 0.25) is 5.91 Å². The smallest absolute Gasteiger partial charge is 0.236 e. The normalized spacial score (nSPS) is 15.2. The van der Waals surface area contributed by atoms with Gasteiger partial charge in [-0.25, -0.2) is 4.98 Å². The van der Waals surface area contributed by atoms with Crippen LogP contribution in [0.2, 0.25) is 0 Å². The summed E-state index contributed by atoms with van der Waals surface area (Å²) < 4.78 is 0. The van der Waals surface area contributed by atoms with E-state index < -0.39 is 0 Å². The zero-order valence-corrected chi connectivity index (χ0v) is 16.9. The molecule has 1 fully saturated rings. The summed E-state index contributed by atoms with van der Waals surface area (Å²) in [5.41, 5.74) is 0.618. The first-order chi connectivity index (χ1) is 13.2. The van der Waals surface area contributed by atoms with Crippen LogP contribution in [0.25, 0.3) is 0 Å². The number of carbonyl (C=O) groups is 1. The fourth-order valence-electron chi connectivity index (χ4n) is 3.43. The molecule has 6 heteroatoms. The number of hydrogen-bond donors (Lipinski definition) is 0. The Bertz CT molecular complexity index is 619. The topological polar surface area (TPSA) is 63.5 Å². The molecular formula is C21H33N5O. The highest BCUT2D eigenvalue weighted by Crippen LogP contribution is 2.18. The second-order valence-electron chi connectivity index (χ2n) is 7.19. The summed E-state index contributed by atoms with van der Waals surface area (Å²) in [5.74, 6) is 1.02. The van der Waals surface area contributed by atoms with Crippen LogP contribution in [0.15, 0.2) is 18.3 Å². The van der Waals surface area contributed by atoms with Crippen molar-refractivity contribution in [2.24, 2.45) is 0 Å². The third kappa shape index (κ3) is 6.51. The van der Waals surface area contributed by atoms with Gasteiger partial charge in [0, 0.05) is 45.5 Å². The molecular weight excluding hydrogens is 338 g/mol. The van der Waals surface area contributed by atoms with Crippen molar-refractivity contribution in [2.75, 3.05) is 50.7 Å². The van der Waals surface area contributed by atoms with Crippen molar-refractivity contribution in [1.29, 1.82) is 5.26 Å². The molecule has 27 heavy (non-hydrogen) atoms. The zero-order valence-electron chi connectivity index (χ0n) is 16.9. The Morgan fingerprint density at radius 3 is 2.59 bits per heavy atom. The van der Waals surface area contributed by atoms with Crippen LogP contribution in [-0.2, 0) is 4.79 Å². The van der Waals surface area contributed by atoms with E-state index in [1.165, 1.54) is 0 Å². The van der Waals surface area contributed by atoms with Gasteiger partial charge >= 0.3 is 0 Å². The van der Waals surface area contributed by atoms with Crippen molar-refractivity contribution in [3.63, 3.8) is 0 Å². The van der Waals surface area contributed by atoms with Crippen LogP contribution in [0.5, 0.6) is 0 Å². The summed E-state index contributed by atoms with van der Waals surface area (Å²) >= 11 is 0. The third-order valence-corrected chi connectivity index (χ3v) is 5.07. The number of amides is 1. The molecule has 1 saturated heterocycles. The summed E-state index contributed by atoms with van der Waals surface area (Å²) in [4.78, 5) is 23.7. The van der Waals surface area contributed by atoms with Gasteiger partial charge < -0.3 is 9.80 Å². The molecule has 0 aliphatic carbocycles. The molecule has 1 aromatic rings. The van der Waals surface area contributed by atoms with E-state index in [0.717, 1.165) is 77.2 Å². The maximum Gasteiger partial charge on any atom is 0.236 e. The molecule has 0 N–H and O–H groups in total. The Hall–Kier alpha value is -2.13. The Labute approximate surface area is 163 Å². The van der Waals surface area contributed by atoms with Crippen molar-refractivity contribution in [3.05, 3.63) is 23.9 Å². The number of carbonyl (C=O) groups excluding carboxylic acids is 1. The molecule has 0 bridgehead atoms. The Kier molecular flexibility index (Phi) is 9.06. The summed E-state index contributed by atoms with van der Waals surface area (Å²) in [6.45, 7) is 9.96. The molecule has 148 valence electrons. The van der Waals surface area contributed by atoms with Crippen LogP contribution < -0.4 is 4.90 Å². The number of nitrogens with zero attached hydrogens (tertiary/aromatic N) is 5. The van der Waals surface area contributed by atoms with Crippen molar-refractivity contribution in [2.45, 2.75) is 46.0 Å². The highest BCUT2D eigenvalue weighted by atomic mass is 16.2. The quantitative estimate of drug-likeness (QED) is 0.668. The number of nitriles is 1. The van der Waals surface area contributed by atoms with Crippen molar-refractivity contribution in [3.8, 4) is 6.07 Å². The van der Waals surface area contributed by atoms with Crippen LogP contribution in [0, 0.1) is 11.3 Å². The van der Waals surface area contributed by atoms with Crippen molar-refractivity contribution >= 4 is 11.7 Å². The van der Waals surface area contributed by atoms with E-state index in [1.807, 2.05) is 11.0 Å². The van der Waals surface area contributed by atoms with Crippen LogP contribution in [-0.4, -0.2) is 66.5 Å². The minimum atomic E-state index is 0.251. The standard InChI is InChI=1S/C21H33N5O/c1-3-5-12-25(13-6-4-2)20(27)18-24-11-8-14-26(16-15-24)21-19(17-22)9-7-10-23-21/h7,9-10H,3-6,8,11-16,18H2,1-2H3. The van der Waals surface area contributed by atoms with E-state index in [0.29, 0.717) is 12.1 Å². The number of aromatic nitrogens is 1. The average Bonchev–Trinajstić information content (AvgIpc) is 2.93. The molecule has 0 radical (unpaired) electrons. The van der Waals surface area contributed by atoms with E-state index in [2.05, 4.69) is 34.7 Å². The molecule has 6 nitrogen and oxygen atoms in total. The molecule has 1 amide bonds. The third-order valence-electron chi connectivity index (χ3n) is 5.07. The number of hydrogen-bond acceptors (Lipinski definition) is 5. The van der Waals surface area contributed by atoms with E-state index in [1.54, 1.807) is 12.3 Å². The largest absolute Gasteiger partial charge is 0.354 e.